The molecule has 0 aliphatic heterocycles. The maximum atomic E-state index is 9.19. The number of nitrogens with one attached hydrogen (secondary N) is 1. The van der Waals surface area contributed by atoms with Gasteiger partial charge >= 0.3 is 0 Å². The molecule has 0 amide bonds. The zero-order chi connectivity index (χ0) is 14.7. The van der Waals surface area contributed by atoms with Crippen molar-refractivity contribution in [2.45, 2.75) is 13.5 Å². The molecule has 2 aromatic rings. The number of nitriles is 1. The third-order valence-corrected chi connectivity index (χ3v) is 4.18. The number of benzene rings is 2. The van der Waals surface area contributed by atoms with E-state index in [-0.39, 0.29) is 0 Å². The summed E-state index contributed by atoms with van der Waals surface area (Å²) in [7, 11) is 0. The van der Waals surface area contributed by atoms with E-state index in [1.807, 2.05) is 25.1 Å². The molecule has 102 valence electrons. The monoisotopic (exact) mass is 324 g/mol. The van der Waals surface area contributed by atoms with Crippen molar-refractivity contribution in [3.05, 3.63) is 62.1 Å². The highest BCUT2D eigenvalue weighted by atomic mass is 35.5. The molecule has 0 saturated heterocycles. The van der Waals surface area contributed by atoms with Gasteiger partial charge in [-0.2, -0.15) is 5.26 Å². The molecule has 0 radical (unpaired) electrons. The van der Waals surface area contributed by atoms with E-state index in [0.29, 0.717) is 32.7 Å². The Balaban J connectivity index is 2.29. The number of rotatable bonds is 3. The van der Waals surface area contributed by atoms with E-state index in [2.05, 4.69) is 11.4 Å². The fraction of sp³-hybridized carbons (Fsp3) is 0.133. The summed E-state index contributed by atoms with van der Waals surface area (Å²) in [6, 6.07) is 11.2. The highest BCUT2D eigenvalue weighted by Gasteiger charge is 2.11. The molecular formula is C15H11Cl3N2. The van der Waals surface area contributed by atoms with Gasteiger partial charge in [0, 0.05) is 17.1 Å². The van der Waals surface area contributed by atoms with Crippen LogP contribution in [0.25, 0.3) is 0 Å². The van der Waals surface area contributed by atoms with Crippen molar-refractivity contribution in [3.8, 4) is 6.07 Å². The molecule has 0 fully saturated rings. The number of halogens is 3. The normalized spacial score (nSPS) is 10.2. The predicted octanol–water partition coefficient (Wildman–Crippen LogP) is 5.44. The van der Waals surface area contributed by atoms with Crippen molar-refractivity contribution in [3.63, 3.8) is 0 Å². The highest BCUT2D eigenvalue weighted by molar-refractivity contribution is 6.44. The van der Waals surface area contributed by atoms with Crippen molar-refractivity contribution < 1.29 is 0 Å². The van der Waals surface area contributed by atoms with Crippen LogP contribution in [0.2, 0.25) is 15.1 Å². The van der Waals surface area contributed by atoms with Crippen molar-refractivity contribution in [1.82, 2.24) is 0 Å². The van der Waals surface area contributed by atoms with E-state index in [4.69, 9.17) is 34.8 Å². The average molecular weight is 326 g/mol. The second-order valence-corrected chi connectivity index (χ2v) is 5.48. The van der Waals surface area contributed by atoms with Crippen molar-refractivity contribution in [2.75, 3.05) is 5.32 Å². The summed E-state index contributed by atoms with van der Waals surface area (Å²) < 4.78 is 0. The van der Waals surface area contributed by atoms with Crippen LogP contribution in [0.15, 0.2) is 30.3 Å². The van der Waals surface area contributed by atoms with Gasteiger partial charge in [-0.1, -0.05) is 46.9 Å². The average Bonchev–Trinajstić information content (AvgIpc) is 2.43. The van der Waals surface area contributed by atoms with Crippen LogP contribution in [0.4, 0.5) is 5.69 Å². The molecular weight excluding hydrogens is 315 g/mol. The Hall–Kier alpha value is -1.40. The standard InChI is InChI=1S/C15H11Cl3N2/c1-9-3-2-4-14(10(9)7-19)20-8-11-12(16)5-6-13(17)15(11)18/h2-6,20H,8H2,1H3. The van der Waals surface area contributed by atoms with Crippen LogP contribution >= 0.6 is 34.8 Å². The Morgan fingerprint density at radius 1 is 1.10 bits per heavy atom. The lowest BCUT2D eigenvalue weighted by Crippen LogP contribution is -2.03. The fourth-order valence-electron chi connectivity index (χ4n) is 1.88. The molecule has 1 N–H and O–H groups in total. The lowest BCUT2D eigenvalue weighted by molar-refractivity contribution is 1.14. The van der Waals surface area contributed by atoms with Crippen molar-refractivity contribution in [1.29, 1.82) is 5.26 Å². The first-order valence-corrected chi connectivity index (χ1v) is 7.04. The molecule has 2 aromatic carbocycles. The van der Waals surface area contributed by atoms with Gasteiger partial charge in [-0.25, -0.2) is 0 Å². The van der Waals surface area contributed by atoms with Gasteiger partial charge in [0.1, 0.15) is 6.07 Å². The second-order valence-electron chi connectivity index (χ2n) is 4.28. The molecule has 0 spiro atoms. The smallest absolute Gasteiger partial charge is 0.102 e. The minimum atomic E-state index is 0.399. The van der Waals surface area contributed by atoms with Gasteiger partial charge in [0.05, 0.1) is 21.3 Å². The highest BCUT2D eigenvalue weighted by Crippen LogP contribution is 2.32. The predicted molar refractivity (Wildman–Crippen MR) is 84.7 cm³/mol. The maximum absolute atomic E-state index is 9.19. The van der Waals surface area contributed by atoms with E-state index in [1.165, 1.54) is 0 Å². The number of nitrogens with zero attached hydrogens (tertiary/aromatic N) is 1. The number of anilines is 1. The van der Waals surface area contributed by atoms with Crippen LogP contribution in [-0.2, 0) is 6.54 Å². The Bertz CT molecular complexity index is 690. The number of hydrogen-bond acceptors (Lipinski definition) is 2. The van der Waals surface area contributed by atoms with E-state index in [9.17, 15) is 5.26 Å². The van der Waals surface area contributed by atoms with Gasteiger partial charge in [0.2, 0.25) is 0 Å². The molecule has 0 atom stereocenters. The lowest BCUT2D eigenvalue weighted by atomic mass is 10.1. The third-order valence-electron chi connectivity index (χ3n) is 2.98. The minimum absolute atomic E-state index is 0.399. The lowest BCUT2D eigenvalue weighted by Gasteiger charge is -2.12. The van der Waals surface area contributed by atoms with Crippen molar-refractivity contribution >= 4 is 40.5 Å². The Morgan fingerprint density at radius 3 is 2.50 bits per heavy atom. The summed E-state index contributed by atoms with van der Waals surface area (Å²) in [5.74, 6) is 0. The van der Waals surface area contributed by atoms with Crippen LogP contribution in [0.5, 0.6) is 0 Å². The molecule has 0 heterocycles. The maximum Gasteiger partial charge on any atom is 0.102 e. The zero-order valence-corrected chi connectivity index (χ0v) is 12.9. The van der Waals surface area contributed by atoms with Crippen LogP contribution in [0, 0.1) is 18.3 Å². The van der Waals surface area contributed by atoms with Gasteiger partial charge in [-0.15, -0.1) is 0 Å². The van der Waals surface area contributed by atoms with E-state index in [1.54, 1.807) is 12.1 Å². The Labute approximate surface area is 132 Å². The molecule has 5 heteroatoms. The summed E-state index contributed by atoms with van der Waals surface area (Å²) in [6.07, 6.45) is 0. The Morgan fingerprint density at radius 2 is 1.80 bits per heavy atom. The summed E-state index contributed by atoms with van der Waals surface area (Å²) in [5, 5.41) is 13.8. The number of aryl methyl sites for hydroxylation is 1. The van der Waals surface area contributed by atoms with Gasteiger partial charge in [0.15, 0.2) is 0 Å². The molecule has 0 aliphatic rings. The van der Waals surface area contributed by atoms with Gasteiger partial charge in [-0.05, 0) is 30.7 Å². The topological polar surface area (TPSA) is 35.8 Å². The van der Waals surface area contributed by atoms with E-state index in [0.717, 1.165) is 11.3 Å². The molecule has 0 unspecified atom stereocenters. The molecule has 2 rings (SSSR count). The molecule has 0 aromatic heterocycles. The fourth-order valence-corrected chi connectivity index (χ4v) is 2.56. The molecule has 2 nitrogen and oxygen atoms in total. The SMILES string of the molecule is Cc1cccc(NCc2c(Cl)ccc(Cl)c2Cl)c1C#N. The van der Waals surface area contributed by atoms with Crippen LogP contribution in [-0.4, -0.2) is 0 Å². The molecule has 0 aliphatic carbocycles. The van der Waals surface area contributed by atoms with Gasteiger partial charge in [-0.3, -0.25) is 0 Å². The third kappa shape index (κ3) is 3.02. The minimum Gasteiger partial charge on any atom is -0.380 e. The van der Waals surface area contributed by atoms with E-state index < -0.39 is 0 Å². The van der Waals surface area contributed by atoms with Gasteiger partial charge < -0.3 is 5.32 Å². The summed E-state index contributed by atoms with van der Waals surface area (Å²) in [6.45, 7) is 2.29. The summed E-state index contributed by atoms with van der Waals surface area (Å²) >= 11 is 18.3. The van der Waals surface area contributed by atoms with Crippen LogP contribution < -0.4 is 5.32 Å². The number of hydrogen-bond donors (Lipinski definition) is 1. The van der Waals surface area contributed by atoms with Crippen molar-refractivity contribution in [2.24, 2.45) is 0 Å². The second kappa shape index (κ2) is 6.37. The first-order chi connectivity index (χ1) is 9.54. The van der Waals surface area contributed by atoms with E-state index >= 15 is 0 Å². The molecule has 0 bridgehead atoms. The summed E-state index contributed by atoms with van der Waals surface area (Å²) in [4.78, 5) is 0. The Kier molecular flexibility index (Phi) is 4.77. The first kappa shape index (κ1) is 15.0. The zero-order valence-electron chi connectivity index (χ0n) is 10.7. The van der Waals surface area contributed by atoms with Crippen LogP contribution in [0.3, 0.4) is 0 Å². The van der Waals surface area contributed by atoms with Gasteiger partial charge in [0.25, 0.3) is 0 Å². The largest absolute Gasteiger partial charge is 0.380 e. The molecule has 0 saturated carbocycles. The summed E-state index contributed by atoms with van der Waals surface area (Å²) in [5.41, 5.74) is 2.99. The molecule has 20 heavy (non-hydrogen) atoms. The quantitative estimate of drug-likeness (QED) is 0.763. The first-order valence-electron chi connectivity index (χ1n) is 5.90. The van der Waals surface area contributed by atoms with Crippen LogP contribution in [0.1, 0.15) is 16.7 Å².